The molecule has 0 bridgehead atoms. The number of nitrogens with zero attached hydrogens (tertiary/aromatic N) is 2. The summed E-state index contributed by atoms with van der Waals surface area (Å²) in [6, 6.07) is 3.30. The second-order valence-corrected chi connectivity index (χ2v) is 3.76. The maximum absolute atomic E-state index is 10.3. The van der Waals surface area contributed by atoms with Crippen LogP contribution in [0, 0.1) is 10.1 Å². The molecule has 92 valence electrons. The average Bonchev–Trinajstić information content (AvgIpc) is 2.25. The van der Waals surface area contributed by atoms with Crippen molar-refractivity contribution in [1.82, 2.24) is 15.6 Å². The first-order valence-corrected chi connectivity index (χ1v) is 5.36. The van der Waals surface area contributed by atoms with E-state index < -0.39 is 4.92 Å². The quantitative estimate of drug-likeness (QED) is 0.487. The molecule has 1 rings (SSSR count). The molecular formula is C9H10Cl2N4O2. The molecule has 0 atom stereocenters. The van der Waals surface area contributed by atoms with E-state index in [0.29, 0.717) is 17.3 Å². The van der Waals surface area contributed by atoms with E-state index in [0.717, 1.165) is 6.20 Å². The third-order valence-electron chi connectivity index (χ3n) is 1.87. The fourth-order valence-corrected chi connectivity index (χ4v) is 1.48. The summed E-state index contributed by atoms with van der Waals surface area (Å²) in [6.45, 7) is 0.309. The maximum atomic E-state index is 10.3. The molecule has 1 heterocycles. The SMILES string of the molecule is CN/C(=C\[N+](=O)[O-])NCc1ccc(Cl)nc1Cl. The van der Waals surface area contributed by atoms with E-state index in [-0.39, 0.29) is 11.0 Å². The van der Waals surface area contributed by atoms with Crippen LogP contribution in [0.2, 0.25) is 10.3 Å². The number of pyridine rings is 1. The fourth-order valence-electron chi connectivity index (χ4n) is 1.07. The van der Waals surface area contributed by atoms with Gasteiger partial charge in [-0.15, -0.1) is 0 Å². The summed E-state index contributed by atoms with van der Waals surface area (Å²) >= 11 is 11.5. The van der Waals surface area contributed by atoms with Crippen molar-refractivity contribution >= 4 is 23.2 Å². The lowest BCUT2D eigenvalue weighted by Gasteiger charge is -2.08. The molecule has 0 amide bonds. The van der Waals surface area contributed by atoms with Gasteiger partial charge < -0.3 is 10.6 Å². The van der Waals surface area contributed by atoms with Gasteiger partial charge >= 0.3 is 0 Å². The molecule has 0 radical (unpaired) electrons. The molecule has 0 unspecified atom stereocenters. The van der Waals surface area contributed by atoms with E-state index in [1.54, 1.807) is 19.2 Å². The van der Waals surface area contributed by atoms with Crippen LogP contribution in [0.25, 0.3) is 0 Å². The van der Waals surface area contributed by atoms with Crippen LogP contribution >= 0.6 is 23.2 Å². The molecule has 0 saturated carbocycles. The van der Waals surface area contributed by atoms with Crippen LogP contribution in [0.1, 0.15) is 5.56 Å². The molecule has 0 aromatic carbocycles. The lowest BCUT2D eigenvalue weighted by atomic mass is 10.3. The summed E-state index contributed by atoms with van der Waals surface area (Å²) < 4.78 is 0. The summed E-state index contributed by atoms with van der Waals surface area (Å²) in [4.78, 5) is 13.6. The van der Waals surface area contributed by atoms with Gasteiger partial charge in [-0.3, -0.25) is 10.1 Å². The summed E-state index contributed by atoms with van der Waals surface area (Å²) in [5.41, 5.74) is 0.695. The minimum atomic E-state index is -0.555. The Bertz CT molecular complexity index is 451. The average molecular weight is 277 g/mol. The number of hydrogen-bond donors (Lipinski definition) is 2. The van der Waals surface area contributed by atoms with Gasteiger partial charge in [0, 0.05) is 19.2 Å². The number of rotatable bonds is 5. The molecule has 2 N–H and O–H groups in total. The highest BCUT2D eigenvalue weighted by atomic mass is 35.5. The lowest BCUT2D eigenvalue weighted by Crippen LogP contribution is -2.24. The highest BCUT2D eigenvalue weighted by molar-refractivity contribution is 6.32. The lowest BCUT2D eigenvalue weighted by molar-refractivity contribution is -0.404. The zero-order valence-corrected chi connectivity index (χ0v) is 10.4. The van der Waals surface area contributed by atoms with E-state index in [9.17, 15) is 10.1 Å². The Morgan fingerprint density at radius 1 is 1.59 bits per heavy atom. The van der Waals surface area contributed by atoms with Gasteiger partial charge in [0.05, 0.1) is 4.92 Å². The zero-order valence-electron chi connectivity index (χ0n) is 8.91. The fraction of sp³-hybridized carbons (Fsp3) is 0.222. The molecule has 8 heteroatoms. The van der Waals surface area contributed by atoms with Gasteiger partial charge in [0.15, 0.2) is 5.82 Å². The van der Waals surface area contributed by atoms with Crippen LogP contribution < -0.4 is 10.6 Å². The highest BCUT2D eigenvalue weighted by Crippen LogP contribution is 2.16. The van der Waals surface area contributed by atoms with Gasteiger partial charge in [-0.2, -0.15) is 0 Å². The minimum absolute atomic E-state index is 0.265. The van der Waals surface area contributed by atoms with Crippen LogP contribution in [0.4, 0.5) is 0 Å². The van der Waals surface area contributed by atoms with Crippen molar-refractivity contribution in [2.75, 3.05) is 7.05 Å². The van der Waals surface area contributed by atoms with Crippen LogP contribution in [-0.4, -0.2) is 17.0 Å². The van der Waals surface area contributed by atoms with E-state index in [1.807, 2.05) is 0 Å². The van der Waals surface area contributed by atoms with Crippen molar-refractivity contribution < 1.29 is 4.92 Å². The molecule has 1 aromatic rings. The second-order valence-electron chi connectivity index (χ2n) is 3.02. The van der Waals surface area contributed by atoms with Crippen LogP contribution in [0.5, 0.6) is 0 Å². The van der Waals surface area contributed by atoms with Crippen molar-refractivity contribution in [3.05, 3.63) is 50.1 Å². The third-order valence-corrected chi connectivity index (χ3v) is 2.40. The predicted molar refractivity (Wildman–Crippen MR) is 65.2 cm³/mol. The van der Waals surface area contributed by atoms with Crippen LogP contribution in [0.15, 0.2) is 24.2 Å². The van der Waals surface area contributed by atoms with E-state index in [2.05, 4.69) is 15.6 Å². The van der Waals surface area contributed by atoms with Crippen molar-refractivity contribution in [2.24, 2.45) is 0 Å². The summed E-state index contributed by atoms with van der Waals surface area (Å²) in [5, 5.41) is 16.3. The summed E-state index contributed by atoms with van der Waals surface area (Å²) in [6.07, 6.45) is 0.831. The summed E-state index contributed by atoms with van der Waals surface area (Å²) in [7, 11) is 1.57. The number of halogens is 2. The zero-order chi connectivity index (χ0) is 12.8. The van der Waals surface area contributed by atoms with Crippen molar-refractivity contribution in [2.45, 2.75) is 6.54 Å². The molecule has 0 aliphatic rings. The monoisotopic (exact) mass is 276 g/mol. The maximum Gasteiger partial charge on any atom is 0.274 e. The smallest absolute Gasteiger partial charge is 0.274 e. The van der Waals surface area contributed by atoms with Crippen LogP contribution in [-0.2, 0) is 6.54 Å². The first kappa shape index (κ1) is 13.5. The van der Waals surface area contributed by atoms with E-state index in [1.165, 1.54) is 0 Å². The Balaban J connectivity index is 2.69. The van der Waals surface area contributed by atoms with E-state index >= 15 is 0 Å². The van der Waals surface area contributed by atoms with Crippen molar-refractivity contribution in [3.63, 3.8) is 0 Å². The molecule has 0 aliphatic heterocycles. The van der Waals surface area contributed by atoms with Gasteiger partial charge in [-0.05, 0) is 6.07 Å². The highest BCUT2D eigenvalue weighted by Gasteiger charge is 2.05. The molecule has 0 aliphatic carbocycles. The van der Waals surface area contributed by atoms with Gasteiger partial charge in [0.1, 0.15) is 10.3 Å². The minimum Gasteiger partial charge on any atom is -0.370 e. The molecular weight excluding hydrogens is 267 g/mol. The molecule has 17 heavy (non-hydrogen) atoms. The Morgan fingerprint density at radius 3 is 2.82 bits per heavy atom. The van der Waals surface area contributed by atoms with Crippen LogP contribution in [0.3, 0.4) is 0 Å². The van der Waals surface area contributed by atoms with Crippen molar-refractivity contribution in [3.8, 4) is 0 Å². The van der Waals surface area contributed by atoms with Gasteiger partial charge in [-0.1, -0.05) is 29.3 Å². The molecule has 6 nitrogen and oxygen atoms in total. The van der Waals surface area contributed by atoms with Gasteiger partial charge in [-0.25, -0.2) is 4.98 Å². The number of hydrogen-bond acceptors (Lipinski definition) is 5. The Hall–Kier alpha value is -1.53. The largest absolute Gasteiger partial charge is 0.370 e. The standard InChI is InChI=1S/C9H10Cl2N4O2/c1-12-8(5-15(16)17)13-4-6-2-3-7(10)14-9(6)11/h2-3,5,12-13H,4H2,1H3/b8-5+. The molecule has 0 fully saturated rings. The first-order valence-electron chi connectivity index (χ1n) is 4.60. The normalized spacial score (nSPS) is 11.1. The first-order chi connectivity index (χ1) is 8.02. The van der Waals surface area contributed by atoms with E-state index in [4.69, 9.17) is 23.2 Å². The second kappa shape index (κ2) is 6.27. The molecule has 1 aromatic heterocycles. The molecule has 0 spiro atoms. The number of nitro groups is 1. The summed E-state index contributed by atoms with van der Waals surface area (Å²) in [5.74, 6) is 0.279. The van der Waals surface area contributed by atoms with Gasteiger partial charge in [0.2, 0.25) is 0 Å². The predicted octanol–water partition coefficient (Wildman–Crippen LogP) is 1.77. The Morgan fingerprint density at radius 2 is 2.29 bits per heavy atom. The number of nitrogens with one attached hydrogen (secondary N) is 2. The van der Waals surface area contributed by atoms with Crippen molar-refractivity contribution in [1.29, 1.82) is 0 Å². The Labute approximate surface area is 108 Å². The number of aromatic nitrogens is 1. The molecule has 0 saturated heterocycles. The topological polar surface area (TPSA) is 80.1 Å². The Kier molecular flexibility index (Phi) is 4.99. The third kappa shape index (κ3) is 4.46. The van der Waals surface area contributed by atoms with Gasteiger partial charge in [0.25, 0.3) is 6.20 Å².